The van der Waals surface area contributed by atoms with E-state index >= 15 is 0 Å². The van der Waals surface area contributed by atoms with E-state index in [-0.39, 0.29) is 6.10 Å². The minimum atomic E-state index is -0.166. The van der Waals surface area contributed by atoms with Crippen LogP contribution >= 0.6 is 0 Å². The second kappa shape index (κ2) is 6.96. The number of benzene rings is 2. The van der Waals surface area contributed by atoms with E-state index < -0.39 is 0 Å². The van der Waals surface area contributed by atoms with Crippen molar-refractivity contribution >= 4 is 0 Å². The monoisotopic (exact) mass is 323 g/mol. The first kappa shape index (κ1) is 15.7. The van der Waals surface area contributed by atoms with Gasteiger partial charge in [0.25, 0.3) is 0 Å². The lowest BCUT2D eigenvalue weighted by atomic mass is 10.1. The van der Waals surface area contributed by atoms with Crippen LogP contribution in [0.3, 0.4) is 0 Å². The summed E-state index contributed by atoms with van der Waals surface area (Å²) in [7, 11) is 0. The summed E-state index contributed by atoms with van der Waals surface area (Å²) in [6.07, 6.45) is 4.28. The van der Waals surface area contributed by atoms with Crippen LogP contribution in [-0.4, -0.2) is 29.2 Å². The molecule has 2 aromatic rings. The van der Waals surface area contributed by atoms with Gasteiger partial charge in [0.2, 0.25) is 0 Å². The Morgan fingerprint density at radius 1 is 1.04 bits per heavy atom. The Morgan fingerprint density at radius 3 is 2.75 bits per heavy atom. The number of β-amino-alcohol motifs (C(OH)–C–C–N with tert-alkyl or cyclic N) is 1. The summed E-state index contributed by atoms with van der Waals surface area (Å²) in [5.74, 6) is 1.05. The molecule has 0 bridgehead atoms. The van der Waals surface area contributed by atoms with Crippen LogP contribution in [0.2, 0.25) is 0 Å². The average Bonchev–Trinajstić information content (AvgIpc) is 3.23. The molecule has 1 N–H and O–H groups in total. The second-order valence-corrected chi connectivity index (χ2v) is 6.98. The summed E-state index contributed by atoms with van der Waals surface area (Å²) in [5.41, 5.74) is 5.40. The standard InChI is InChI=1S/C21H25NO2/c23-19-11-12-22(14-19)13-17-5-1-2-6-18(17)15-24-21-10-4-8-16-7-3-9-20(16)21/h1-2,4-6,8,10,19,23H,3,7,9,11-15H2. The molecule has 1 saturated heterocycles. The molecule has 3 nitrogen and oxygen atoms in total. The van der Waals surface area contributed by atoms with E-state index in [1.165, 1.54) is 35.1 Å². The summed E-state index contributed by atoms with van der Waals surface area (Å²) in [4.78, 5) is 2.32. The molecule has 0 spiro atoms. The van der Waals surface area contributed by atoms with Crippen molar-refractivity contribution in [2.45, 2.75) is 44.9 Å². The van der Waals surface area contributed by atoms with Crippen molar-refractivity contribution in [2.75, 3.05) is 13.1 Å². The number of aryl methyl sites for hydroxylation is 1. The lowest BCUT2D eigenvalue weighted by molar-refractivity contribution is 0.174. The van der Waals surface area contributed by atoms with Gasteiger partial charge >= 0.3 is 0 Å². The molecule has 0 amide bonds. The van der Waals surface area contributed by atoms with E-state index in [1.54, 1.807) is 0 Å². The van der Waals surface area contributed by atoms with Gasteiger partial charge in [-0.1, -0.05) is 36.4 Å². The van der Waals surface area contributed by atoms with Gasteiger partial charge in [0, 0.05) is 19.6 Å². The highest BCUT2D eigenvalue weighted by Gasteiger charge is 2.21. The number of aliphatic hydroxyl groups excluding tert-OH is 1. The maximum atomic E-state index is 9.72. The Hall–Kier alpha value is -1.84. The quantitative estimate of drug-likeness (QED) is 0.916. The lowest BCUT2D eigenvalue weighted by Crippen LogP contribution is -2.22. The Kier molecular flexibility index (Phi) is 4.54. The van der Waals surface area contributed by atoms with Gasteiger partial charge in [0.15, 0.2) is 0 Å². The molecule has 0 saturated carbocycles. The van der Waals surface area contributed by atoms with Crippen molar-refractivity contribution in [3.8, 4) is 5.75 Å². The topological polar surface area (TPSA) is 32.7 Å². The fourth-order valence-corrected chi connectivity index (χ4v) is 3.92. The van der Waals surface area contributed by atoms with Crippen molar-refractivity contribution in [2.24, 2.45) is 0 Å². The second-order valence-electron chi connectivity index (χ2n) is 6.98. The molecule has 4 rings (SSSR count). The first-order valence-corrected chi connectivity index (χ1v) is 9.00. The fraction of sp³-hybridized carbons (Fsp3) is 0.429. The van der Waals surface area contributed by atoms with Crippen LogP contribution in [0.15, 0.2) is 42.5 Å². The summed E-state index contributed by atoms with van der Waals surface area (Å²) in [6, 6.07) is 14.9. The van der Waals surface area contributed by atoms with E-state index in [2.05, 4.69) is 47.4 Å². The number of ether oxygens (including phenoxy) is 1. The van der Waals surface area contributed by atoms with Gasteiger partial charge in [-0.3, -0.25) is 4.90 Å². The fourth-order valence-electron chi connectivity index (χ4n) is 3.92. The third-order valence-corrected chi connectivity index (χ3v) is 5.25. The maximum absolute atomic E-state index is 9.72. The zero-order chi connectivity index (χ0) is 16.4. The predicted molar refractivity (Wildman–Crippen MR) is 95.1 cm³/mol. The molecule has 1 atom stereocenters. The summed E-state index contributed by atoms with van der Waals surface area (Å²) < 4.78 is 6.19. The predicted octanol–water partition coefficient (Wildman–Crippen LogP) is 3.32. The van der Waals surface area contributed by atoms with Crippen molar-refractivity contribution in [3.05, 3.63) is 64.7 Å². The van der Waals surface area contributed by atoms with Crippen molar-refractivity contribution < 1.29 is 9.84 Å². The number of hydrogen-bond acceptors (Lipinski definition) is 3. The smallest absolute Gasteiger partial charge is 0.123 e. The average molecular weight is 323 g/mol. The van der Waals surface area contributed by atoms with Crippen molar-refractivity contribution in [3.63, 3.8) is 0 Å². The highest BCUT2D eigenvalue weighted by molar-refractivity contribution is 5.43. The molecule has 1 aliphatic heterocycles. The summed E-state index contributed by atoms with van der Waals surface area (Å²) >= 11 is 0. The largest absolute Gasteiger partial charge is 0.489 e. The van der Waals surface area contributed by atoms with E-state index in [4.69, 9.17) is 4.74 Å². The molecule has 1 unspecified atom stereocenters. The third-order valence-electron chi connectivity index (χ3n) is 5.25. The number of rotatable bonds is 5. The van der Waals surface area contributed by atoms with Crippen LogP contribution in [0.1, 0.15) is 35.1 Å². The normalized spacial score (nSPS) is 20.3. The van der Waals surface area contributed by atoms with Gasteiger partial charge in [-0.2, -0.15) is 0 Å². The molecule has 2 aliphatic rings. The van der Waals surface area contributed by atoms with Crippen LogP contribution in [0.4, 0.5) is 0 Å². The molecule has 0 aromatic heterocycles. The van der Waals surface area contributed by atoms with E-state index in [0.717, 1.165) is 38.2 Å². The molecular formula is C21H25NO2. The van der Waals surface area contributed by atoms with E-state index in [1.807, 2.05) is 0 Å². The highest BCUT2D eigenvalue weighted by Crippen LogP contribution is 2.31. The number of aliphatic hydroxyl groups is 1. The van der Waals surface area contributed by atoms with Gasteiger partial charge in [-0.25, -0.2) is 0 Å². The summed E-state index contributed by atoms with van der Waals surface area (Å²) in [5, 5.41) is 9.72. The highest BCUT2D eigenvalue weighted by atomic mass is 16.5. The number of fused-ring (bicyclic) bond motifs is 1. The molecule has 126 valence electrons. The zero-order valence-corrected chi connectivity index (χ0v) is 14.1. The lowest BCUT2D eigenvalue weighted by Gasteiger charge is -2.18. The molecular weight excluding hydrogens is 298 g/mol. The number of nitrogens with zero attached hydrogens (tertiary/aromatic N) is 1. The van der Waals surface area contributed by atoms with Gasteiger partial charge in [0.1, 0.15) is 12.4 Å². The minimum Gasteiger partial charge on any atom is -0.489 e. The first-order valence-electron chi connectivity index (χ1n) is 9.00. The van der Waals surface area contributed by atoms with Crippen LogP contribution in [0, 0.1) is 0 Å². The Balaban J connectivity index is 1.46. The van der Waals surface area contributed by atoms with Gasteiger partial charge in [0.05, 0.1) is 6.10 Å². The molecule has 0 radical (unpaired) electrons. The third kappa shape index (κ3) is 3.33. The summed E-state index contributed by atoms with van der Waals surface area (Å²) in [6.45, 7) is 3.26. The molecule has 1 aliphatic carbocycles. The van der Waals surface area contributed by atoms with Crippen molar-refractivity contribution in [1.29, 1.82) is 0 Å². The van der Waals surface area contributed by atoms with Gasteiger partial charge < -0.3 is 9.84 Å². The first-order chi connectivity index (χ1) is 11.8. The molecule has 1 fully saturated rings. The van der Waals surface area contributed by atoms with Gasteiger partial charge in [-0.15, -0.1) is 0 Å². The maximum Gasteiger partial charge on any atom is 0.123 e. The molecule has 3 heteroatoms. The Bertz CT molecular complexity index is 713. The zero-order valence-electron chi connectivity index (χ0n) is 14.1. The number of likely N-dealkylation sites (tertiary alicyclic amines) is 1. The molecule has 2 aromatic carbocycles. The Labute approximate surface area is 143 Å². The van der Waals surface area contributed by atoms with Crippen LogP contribution < -0.4 is 4.74 Å². The Morgan fingerprint density at radius 2 is 1.92 bits per heavy atom. The number of hydrogen-bond donors (Lipinski definition) is 1. The SMILES string of the molecule is OC1CCN(Cc2ccccc2COc2cccc3c2CCC3)C1. The van der Waals surface area contributed by atoms with Gasteiger partial charge in [-0.05, 0) is 54.0 Å². The molecule has 1 heterocycles. The van der Waals surface area contributed by atoms with E-state index in [0.29, 0.717) is 6.61 Å². The van der Waals surface area contributed by atoms with Crippen LogP contribution in [0.25, 0.3) is 0 Å². The van der Waals surface area contributed by atoms with Crippen molar-refractivity contribution in [1.82, 2.24) is 4.90 Å². The van der Waals surface area contributed by atoms with Crippen LogP contribution in [0.5, 0.6) is 5.75 Å². The molecule has 24 heavy (non-hydrogen) atoms. The minimum absolute atomic E-state index is 0.166. The van der Waals surface area contributed by atoms with Crippen LogP contribution in [-0.2, 0) is 26.0 Å². The van der Waals surface area contributed by atoms with E-state index in [9.17, 15) is 5.11 Å².